The Hall–Kier alpha value is -3.74. The van der Waals surface area contributed by atoms with E-state index in [0.717, 1.165) is 31.3 Å². The number of aliphatic imine (C=N–C) groups is 1. The summed E-state index contributed by atoms with van der Waals surface area (Å²) in [5.74, 6) is -0.166. The lowest BCUT2D eigenvalue weighted by atomic mass is 10.0. The van der Waals surface area contributed by atoms with Gasteiger partial charge in [-0.05, 0) is 41.9 Å². The normalized spacial score (nSPS) is 16.5. The first kappa shape index (κ1) is 27.8. The highest BCUT2D eigenvalue weighted by atomic mass is 32.1. The van der Waals surface area contributed by atoms with Gasteiger partial charge in [-0.25, -0.2) is 9.79 Å². The zero-order valence-corrected chi connectivity index (χ0v) is 22.7. The first-order valence-corrected chi connectivity index (χ1v) is 13.9. The number of amides is 3. The van der Waals surface area contributed by atoms with Gasteiger partial charge in [0.05, 0.1) is 29.1 Å². The minimum atomic E-state index is -4.55. The Balaban J connectivity index is 1.23. The lowest BCUT2D eigenvalue weighted by Gasteiger charge is -2.34. The van der Waals surface area contributed by atoms with Crippen molar-refractivity contribution in [2.24, 2.45) is 4.99 Å². The summed E-state index contributed by atoms with van der Waals surface area (Å²) in [6, 6.07) is 10.00. The zero-order chi connectivity index (χ0) is 28.3. The van der Waals surface area contributed by atoms with E-state index >= 15 is 0 Å². The molecule has 40 heavy (non-hydrogen) atoms. The van der Waals surface area contributed by atoms with Gasteiger partial charge in [-0.3, -0.25) is 9.69 Å². The van der Waals surface area contributed by atoms with Crippen LogP contribution in [0.3, 0.4) is 0 Å². The topological polar surface area (TPSA) is 89.1 Å². The summed E-state index contributed by atoms with van der Waals surface area (Å²) >= 11 is 1.44. The zero-order valence-electron chi connectivity index (χ0n) is 21.8. The third-order valence-corrected chi connectivity index (χ3v) is 7.69. The van der Waals surface area contributed by atoms with E-state index in [4.69, 9.17) is 0 Å². The van der Waals surface area contributed by atoms with Gasteiger partial charge in [-0.1, -0.05) is 25.1 Å². The molecule has 3 amide bonds. The maximum atomic E-state index is 13.9. The molecule has 0 atom stereocenters. The molecule has 0 unspecified atom stereocenters. The molecule has 5 rings (SSSR count). The van der Waals surface area contributed by atoms with Gasteiger partial charge in [0.2, 0.25) is 5.91 Å². The molecular formula is C28H29F3N6O2S. The maximum absolute atomic E-state index is 13.9. The largest absolute Gasteiger partial charge is 0.416 e. The average Bonchev–Trinajstić information content (AvgIpc) is 3.28. The van der Waals surface area contributed by atoms with Crippen LogP contribution in [0.2, 0.25) is 0 Å². The molecule has 0 spiro atoms. The predicted molar refractivity (Wildman–Crippen MR) is 152 cm³/mol. The number of anilines is 3. The van der Waals surface area contributed by atoms with Crippen LogP contribution in [-0.4, -0.2) is 60.2 Å². The third kappa shape index (κ3) is 6.69. The minimum absolute atomic E-state index is 0.0476. The monoisotopic (exact) mass is 570 g/mol. The number of piperazine rings is 1. The second-order valence-electron chi connectivity index (χ2n) is 9.69. The first-order chi connectivity index (χ1) is 19.2. The van der Waals surface area contributed by atoms with E-state index in [-0.39, 0.29) is 30.1 Å². The van der Waals surface area contributed by atoms with Crippen molar-refractivity contribution < 1.29 is 22.8 Å². The van der Waals surface area contributed by atoms with Gasteiger partial charge in [0, 0.05) is 54.9 Å². The van der Waals surface area contributed by atoms with E-state index in [2.05, 4.69) is 32.8 Å². The average molecular weight is 571 g/mol. The Bertz CT molecular complexity index is 1410. The molecule has 0 bridgehead atoms. The summed E-state index contributed by atoms with van der Waals surface area (Å²) in [5, 5.41) is 11.6. The fourth-order valence-corrected chi connectivity index (χ4v) is 5.46. The summed E-state index contributed by atoms with van der Waals surface area (Å²) in [4.78, 5) is 33.7. The molecule has 210 valence electrons. The van der Waals surface area contributed by atoms with Gasteiger partial charge < -0.3 is 20.9 Å². The summed E-state index contributed by atoms with van der Waals surface area (Å²) in [7, 11) is 0. The number of fused-ring (bicyclic) bond motifs is 1. The van der Waals surface area contributed by atoms with Crippen molar-refractivity contribution in [3.8, 4) is 0 Å². The predicted octanol–water partition coefficient (Wildman–Crippen LogP) is 6.01. The molecule has 1 aromatic heterocycles. The molecule has 2 aliphatic rings. The van der Waals surface area contributed by atoms with Crippen LogP contribution in [0.25, 0.3) is 0 Å². The van der Waals surface area contributed by atoms with Crippen LogP contribution in [0.4, 0.5) is 40.7 Å². The molecule has 3 N–H and O–H groups in total. The Labute approximate surface area is 233 Å². The molecule has 0 saturated carbocycles. The van der Waals surface area contributed by atoms with Crippen molar-refractivity contribution >= 4 is 51.7 Å². The van der Waals surface area contributed by atoms with E-state index in [1.54, 1.807) is 24.3 Å². The van der Waals surface area contributed by atoms with Gasteiger partial charge in [-0.2, -0.15) is 13.2 Å². The van der Waals surface area contributed by atoms with Crippen LogP contribution in [0, 0.1) is 0 Å². The van der Waals surface area contributed by atoms with Gasteiger partial charge in [0.1, 0.15) is 0 Å². The Morgan fingerprint density at radius 1 is 1.00 bits per heavy atom. The fraction of sp³-hybridized carbons (Fsp3) is 0.321. The molecule has 8 nitrogen and oxygen atoms in total. The molecule has 3 heterocycles. The van der Waals surface area contributed by atoms with Crippen LogP contribution in [0.5, 0.6) is 0 Å². The van der Waals surface area contributed by atoms with Crippen molar-refractivity contribution in [2.75, 3.05) is 48.7 Å². The number of nitrogens with zero attached hydrogens (tertiary/aromatic N) is 3. The molecule has 0 radical (unpaired) electrons. The number of urea groups is 1. The number of benzene rings is 2. The number of halogens is 3. The number of hydrogen-bond acceptors (Lipinski definition) is 6. The molecule has 3 aromatic rings. The van der Waals surface area contributed by atoms with E-state index in [0.29, 0.717) is 35.9 Å². The molecule has 2 aliphatic heterocycles. The lowest BCUT2D eigenvalue weighted by Crippen LogP contribution is -2.45. The van der Waals surface area contributed by atoms with Crippen molar-refractivity contribution in [2.45, 2.75) is 26.1 Å². The standard InChI is InChI=1S/C28H29F3N6O2S/c1-2-36-9-11-37(12-10-36)15-19-5-8-21(13-22(19)28(29,30)31)33-27(39)32-20-6-3-18(4-7-20)23-14-26(38)35-25-17-40-16-24(25)34-23/h3-8,13,16-17H,2,9-12,14-15H2,1H3,(H,35,38)(H2,32,33,39). The Morgan fingerprint density at radius 2 is 1.68 bits per heavy atom. The highest BCUT2D eigenvalue weighted by molar-refractivity contribution is 7.09. The molecular weight excluding hydrogens is 541 g/mol. The van der Waals surface area contributed by atoms with Crippen LogP contribution in [-0.2, 0) is 17.5 Å². The number of thiophene rings is 1. The second kappa shape index (κ2) is 11.8. The molecule has 0 aliphatic carbocycles. The van der Waals surface area contributed by atoms with E-state index < -0.39 is 17.8 Å². The third-order valence-electron chi connectivity index (χ3n) is 6.95. The number of rotatable bonds is 6. The molecule has 1 fully saturated rings. The van der Waals surface area contributed by atoms with Crippen LogP contribution in [0.15, 0.2) is 58.2 Å². The van der Waals surface area contributed by atoms with E-state index in [9.17, 15) is 22.8 Å². The summed E-state index contributed by atoms with van der Waals surface area (Å²) in [6.07, 6.45) is -4.44. The Kier molecular flexibility index (Phi) is 8.19. The van der Waals surface area contributed by atoms with Crippen LogP contribution >= 0.6 is 11.3 Å². The SMILES string of the molecule is CCN1CCN(Cc2ccc(NC(=O)Nc3ccc(C4=Nc5cscc5NC(=O)C4)cc3)cc2C(F)(F)F)CC1. The van der Waals surface area contributed by atoms with Crippen LogP contribution in [0.1, 0.15) is 30.0 Å². The minimum Gasteiger partial charge on any atom is -0.323 e. The van der Waals surface area contributed by atoms with Crippen molar-refractivity contribution in [3.63, 3.8) is 0 Å². The van der Waals surface area contributed by atoms with Gasteiger partial charge in [0.25, 0.3) is 0 Å². The summed E-state index contributed by atoms with van der Waals surface area (Å²) < 4.78 is 41.7. The van der Waals surface area contributed by atoms with E-state index in [1.165, 1.54) is 23.5 Å². The molecule has 1 saturated heterocycles. The molecule has 12 heteroatoms. The summed E-state index contributed by atoms with van der Waals surface area (Å²) in [6.45, 7) is 6.28. The number of carbonyl (C=O) groups excluding carboxylic acids is 2. The first-order valence-electron chi connectivity index (χ1n) is 12.9. The van der Waals surface area contributed by atoms with E-state index in [1.807, 2.05) is 15.7 Å². The number of hydrogen-bond donors (Lipinski definition) is 3. The number of nitrogens with one attached hydrogen (secondary N) is 3. The number of carbonyl (C=O) groups is 2. The Morgan fingerprint density at radius 3 is 2.38 bits per heavy atom. The van der Waals surface area contributed by atoms with Gasteiger partial charge in [-0.15, -0.1) is 11.3 Å². The lowest BCUT2D eigenvalue weighted by molar-refractivity contribution is -0.138. The van der Waals surface area contributed by atoms with Crippen LogP contribution < -0.4 is 16.0 Å². The summed E-state index contributed by atoms with van der Waals surface area (Å²) in [5.41, 5.74) is 2.60. The highest BCUT2D eigenvalue weighted by Gasteiger charge is 2.34. The second-order valence-corrected chi connectivity index (χ2v) is 10.4. The molecule has 2 aromatic carbocycles. The number of likely N-dealkylation sites (N-methyl/N-ethyl adjacent to an activating group) is 1. The van der Waals surface area contributed by atoms with Gasteiger partial charge >= 0.3 is 12.2 Å². The number of alkyl halides is 3. The van der Waals surface area contributed by atoms with Crippen molar-refractivity contribution in [3.05, 3.63) is 69.9 Å². The van der Waals surface area contributed by atoms with Gasteiger partial charge in [0.15, 0.2) is 0 Å². The maximum Gasteiger partial charge on any atom is 0.416 e. The fourth-order valence-electron chi connectivity index (χ4n) is 4.77. The van der Waals surface area contributed by atoms with Crippen molar-refractivity contribution in [1.29, 1.82) is 0 Å². The van der Waals surface area contributed by atoms with Crippen molar-refractivity contribution in [1.82, 2.24) is 9.80 Å². The quantitative estimate of drug-likeness (QED) is 0.339. The smallest absolute Gasteiger partial charge is 0.323 e. The highest BCUT2D eigenvalue weighted by Crippen LogP contribution is 2.35.